The van der Waals surface area contributed by atoms with Crippen LogP contribution in [0.3, 0.4) is 0 Å². The predicted octanol–water partition coefficient (Wildman–Crippen LogP) is 3.78. The van der Waals surface area contributed by atoms with Crippen LogP contribution in [0.4, 0.5) is 11.4 Å². The minimum Gasteiger partial charge on any atom is -0.397 e. The molecule has 1 aromatic heterocycles. The Balaban J connectivity index is 0.000000155. The fourth-order valence-electron chi connectivity index (χ4n) is 1.90. The van der Waals surface area contributed by atoms with Gasteiger partial charge in [0, 0.05) is 0 Å². The van der Waals surface area contributed by atoms with Crippen molar-refractivity contribution in [3.8, 4) is 0 Å². The molecular formula is C16H20N4S. The Bertz CT molecular complexity index is 691. The molecule has 0 aliphatic heterocycles. The number of hydrogen-bond donors (Lipinski definition) is 2. The SMILES string of the molecule is Cc1cc(N)c(N)cc1C.Cc1cc2nsnc2cc1C. The lowest BCUT2D eigenvalue weighted by Gasteiger charge is -2.03. The van der Waals surface area contributed by atoms with Crippen LogP contribution in [-0.2, 0) is 0 Å². The Morgan fingerprint density at radius 3 is 1.38 bits per heavy atom. The molecule has 0 saturated heterocycles. The summed E-state index contributed by atoms with van der Waals surface area (Å²) in [6.45, 7) is 8.22. The average molecular weight is 300 g/mol. The largest absolute Gasteiger partial charge is 0.397 e. The van der Waals surface area contributed by atoms with Crippen LogP contribution in [-0.4, -0.2) is 8.75 Å². The molecule has 2 aromatic carbocycles. The average Bonchev–Trinajstić information content (AvgIpc) is 2.85. The van der Waals surface area contributed by atoms with Gasteiger partial charge >= 0.3 is 0 Å². The van der Waals surface area contributed by atoms with E-state index in [-0.39, 0.29) is 0 Å². The highest BCUT2D eigenvalue weighted by Gasteiger charge is 2.00. The molecule has 0 bridgehead atoms. The van der Waals surface area contributed by atoms with Gasteiger partial charge in [0.05, 0.1) is 23.1 Å². The van der Waals surface area contributed by atoms with Crippen molar-refractivity contribution in [3.63, 3.8) is 0 Å². The molecule has 5 heteroatoms. The van der Waals surface area contributed by atoms with E-state index in [1.807, 2.05) is 26.0 Å². The number of benzene rings is 2. The van der Waals surface area contributed by atoms with Crippen LogP contribution >= 0.6 is 11.7 Å². The zero-order valence-electron chi connectivity index (χ0n) is 12.8. The summed E-state index contributed by atoms with van der Waals surface area (Å²) in [6.07, 6.45) is 0. The van der Waals surface area contributed by atoms with E-state index in [1.54, 1.807) is 0 Å². The summed E-state index contributed by atoms with van der Waals surface area (Å²) in [5.74, 6) is 0. The Morgan fingerprint density at radius 1 is 0.667 bits per heavy atom. The molecule has 21 heavy (non-hydrogen) atoms. The van der Waals surface area contributed by atoms with Crippen molar-refractivity contribution in [2.45, 2.75) is 27.7 Å². The van der Waals surface area contributed by atoms with E-state index in [0.717, 1.165) is 11.0 Å². The number of aromatic nitrogens is 2. The normalized spacial score (nSPS) is 10.3. The summed E-state index contributed by atoms with van der Waals surface area (Å²) in [5.41, 5.74) is 19.4. The first-order valence-corrected chi connectivity index (χ1v) is 7.43. The van der Waals surface area contributed by atoms with Gasteiger partial charge in [-0.2, -0.15) is 8.75 Å². The summed E-state index contributed by atoms with van der Waals surface area (Å²) in [4.78, 5) is 0. The summed E-state index contributed by atoms with van der Waals surface area (Å²) >= 11 is 1.27. The van der Waals surface area contributed by atoms with Crippen molar-refractivity contribution in [2.24, 2.45) is 0 Å². The highest BCUT2D eigenvalue weighted by molar-refractivity contribution is 7.00. The summed E-state index contributed by atoms with van der Waals surface area (Å²) in [7, 11) is 0. The van der Waals surface area contributed by atoms with Gasteiger partial charge in [0.25, 0.3) is 0 Å². The maximum Gasteiger partial charge on any atom is 0.105 e. The van der Waals surface area contributed by atoms with Gasteiger partial charge in [-0.1, -0.05) is 0 Å². The first-order valence-electron chi connectivity index (χ1n) is 6.70. The third-order valence-corrected chi connectivity index (χ3v) is 4.13. The molecule has 3 rings (SSSR count). The second-order valence-corrected chi connectivity index (χ2v) is 5.78. The van der Waals surface area contributed by atoms with E-state index >= 15 is 0 Å². The number of aryl methyl sites for hydroxylation is 4. The molecule has 4 N–H and O–H groups in total. The van der Waals surface area contributed by atoms with E-state index in [1.165, 1.54) is 34.0 Å². The van der Waals surface area contributed by atoms with Crippen LogP contribution < -0.4 is 11.5 Å². The van der Waals surface area contributed by atoms with Gasteiger partial charge in [0.2, 0.25) is 0 Å². The number of anilines is 2. The van der Waals surface area contributed by atoms with Crippen molar-refractivity contribution in [3.05, 3.63) is 46.5 Å². The molecule has 0 amide bonds. The van der Waals surface area contributed by atoms with Crippen LogP contribution in [0.2, 0.25) is 0 Å². The zero-order valence-corrected chi connectivity index (χ0v) is 13.6. The van der Waals surface area contributed by atoms with Crippen molar-refractivity contribution in [1.82, 2.24) is 8.75 Å². The third kappa shape index (κ3) is 3.49. The molecule has 4 nitrogen and oxygen atoms in total. The van der Waals surface area contributed by atoms with Gasteiger partial charge < -0.3 is 11.5 Å². The molecule has 3 aromatic rings. The number of rotatable bonds is 0. The molecule has 1 heterocycles. The van der Waals surface area contributed by atoms with Gasteiger partial charge in [-0.3, -0.25) is 0 Å². The molecule has 0 fully saturated rings. The Hall–Kier alpha value is -2.14. The minimum atomic E-state index is 0.670. The number of nitrogens with two attached hydrogens (primary N) is 2. The maximum atomic E-state index is 5.56. The van der Waals surface area contributed by atoms with Crippen LogP contribution in [0.1, 0.15) is 22.3 Å². The molecule has 0 spiro atoms. The highest BCUT2D eigenvalue weighted by atomic mass is 32.1. The Morgan fingerprint density at radius 2 is 1.00 bits per heavy atom. The van der Waals surface area contributed by atoms with Crippen molar-refractivity contribution < 1.29 is 0 Å². The molecular weight excluding hydrogens is 280 g/mol. The number of fused-ring (bicyclic) bond motifs is 1. The number of nitrogen functional groups attached to an aromatic ring is 2. The van der Waals surface area contributed by atoms with Gasteiger partial charge in [-0.05, 0) is 74.2 Å². The molecule has 0 aliphatic carbocycles. The van der Waals surface area contributed by atoms with Gasteiger partial charge in [-0.25, -0.2) is 0 Å². The topological polar surface area (TPSA) is 77.8 Å². The molecule has 0 aliphatic rings. The lowest BCUT2D eigenvalue weighted by Crippen LogP contribution is -1.96. The van der Waals surface area contributed by atoms with Gasteiger partial charge in [-0.15, -0.1) is 0 Å². The fourth-order valence-corrected chi connectivity index (χ4v) is 2.41. The lowest BCUT2D eigenvalue weighted by atomic mass is 10.1. The van der Waals surface area contributed by atoms with E-state index in [2.05, 4.69) is 34.7 Å². The fraction of sp³-hybridized carbons (Fsp3) is 0.250. The van der Waals surface area contributed by atoms with Crippen molar-refractivity contribution >= 4 is 34.1 Å². The van der Waals surface area contributed by atoms with Crippen molar-refractivity contribution in [1.29, 1.82) is 0 Å². The maximum absolute atomic E-state index is 5.56. The van der Waals surface area contributed by atoms with Crippen LogP contribution in [0, 0.1) is 27.7 Å². The molecule has 110 valence electrons. The van der Waals surface area contributed by atoms with E-state index in [9.17, 15) is 0 Å². The number of nitrogens with zero attached hydrogens (tertiary/aromatic N) is 2. The summed E-state index contributed by atoms with van der Waals surface area (Å²) < 4.78 is 8.30. The smallest absolute Gasteiger partial charge is 0.105 e. The second kappa shape index (κ2) is 6.10. The number of hydrogen-bond acceptors (Lipinski definition) is 5. The predicted molar refractivity (Wildman–Crippen MR) is 91.6 cm³/mol. The van der Waals surface area contributed by atoms with E-state index in [4.69, 9.17) is 11.5 Å². The molecule has 0 radical (unpaired) electrons. The molecule has 0 saturated carbocycles. The van der Waals surface area contributed by atoms with Gasteiger partial charge in [0.1, 0.15) is 11.0 Å². The molecule has 0 atom stereocenters. The van der Waals surface area contributed by atoms with E-state index < -0.39 is 0 Å². The zero-order chi connectivity index (χ0) is 15.6. The third-order valence-electron chi connectivity index (χ3n) is 3.57. The summed E-state index contributed by atoms with van der Waals surface area (Å²) in [6, 6.07) is 7.94. The van der Waals surface area contributed by atoms with Crippen LogP contribution in [0.15, 0.2) is 24.3 Å². The Labute approximate surface area is 129 Å². The minimum absolute atomic E-state index is 0.670. The molecule has 0 unspecified atom stereocenters. The summed E-state index contributed by atoms with van der Waals surface area (Å²) in [5, 5.41) is 0. The van der Waals surface area contributed by atoms with Crippen molar-refractivity contribution in [2.75, 3.05) is 11.5 Å². The standard InChI is InChI=1S/C8H8N2S.C8H12N2/c1-5-3-7-8(4-6(5)2)10-11-9-7;1-5-3-7(9)8(10)4-6(5)2/h3-4H,1-2H3;3-4H,9-10H2,1-2H3. The quantitative estimate of drug-likeness (QED) is 0.619. The monoisotopic (exact) mass is 300 g/mol. The van der Waals surface area contributed by atoms with Crippen LogP contribution in [0.5, 0.6) is 0 Å². The van der Waals surface area contributed by atoms with Gasteiger partial charge in [0.15, 0.2) is 0 Å². The van der Waals surface area contributed by atoms with E-state index in [0.29, 0.717) is 11.4 Å². The Kier molecular flexibility index (Phi) is 4.43. The second-order valence-electron chi connectivity index (χ2n) is 5.25. The first kappa shape index (κ1) is 15.3. The highest BCUT2D eigenvalue weighted by Crippen LogP contribution is 2.19. The van der Waals surface area contributed by atoms with Crippen LogP contribution in [0.25, 0.3) is 11.0 Å². The lowest BCUT2D eigenvalue weighted by molar-refractivity contribution is 1.35. The first-order chi connectivity index (χ1) is 9.88.